The Morgan fingerprint density at radius 3 is 2.38 bits per heavy atom. The van der Waals surface area contributed by atoms with Gasteiger partial charge in [-0.15, -0.1) is 0 Å². The fourth-order valence-electron chi connectivity index (χ4n) is 1.46. The van der Waals surface area contributed by atoms with Gasteiger partial charge in [0.1, 0.15) is 5.78 Å². The second-order valence-electron chi connectivity index (χ2n) is 3.62. The molecular formula is C11H23NO. The van der Waals surface area contributed by atoms with Crippen LogP contribution in [0.5, 0.6) is 0 Å². The molecule has 0 saturated carbocycles. The van der Waals surface area contributed by atoms with Crippen LogP contribution in [0.2, 0.25) is 0 Å². The van der Waals surface area contributed by atoms with Crippen LogP contribution in [0, 0.1) is 5.92 Å². The van der Waals surface area contributed by atoms with Gasteiger partial charge in [0.2, 0.25) is 0 Å². The summed E-state index contributed by atoms with van der Waals surface area (Å²) in [5.41, 5.74) is 5.49. The van der Waals surface area contributed by atoms with Crippen molar-refractivity contribution in [2.45, 2.75) is 52.4 Å². The van der Waals surface area contributed by atoms with E-state index in [2.05, 4.69) is 6.92 Å². The first-order chi connectivity index (χ1) is 6.26. The maximum Gasteiger partial charge on any atom is 0.137 e. The zero-order valence-corrected chi connectivity index (χ0v) is 9.01. The second-order valence-corrected chi connectivity index (χ2v) is 3.62. The number of hydrogen-bond donors (Lipinski definition) is 1. The van der Waals surface area contributed by atoms with Gasteiger partial charge in [-0.3, -0.25) is 4.79 Å². The zero-order chi connectivity index (χ0) is 10.1. The predicted octanol–water partition coefficient (Wildman–Crippen LogP) is 2.51. The third-order valence-electron chi connectivity index (χ3n) is 2.51. The smallest absolute Gasteiger partial charge is 0.137 e. The fourth-order valence-corrected chi connectivity index (χ4v) is 1.46. The molecule has 0 aliphatic rings. The van der Waals surface area contributed by atoms with Gasteiger partial charge in [-0.25, -0.2) is 0 Å². The van der Waals surface area contributed by atoms with Gasteiger partial charge < -0.3 is 5.73 Å². The van der Waals surface area contributed by atoms with Crippen molar-refractivity contribution in [3.63, 3.8) is 0 Å². The Bertz CT molecular complexity index is 130. The van der Waals surface area contributed by atoms with Crippen molar-refractivity contribution in [2.24, 2.45) is 11.7 Å². The SMILES string of the molecule is CCCCCCC(=O)C(CC)CN. The Hall–Kier alpha value is -0.370. The molecule has 2 nitrogen and oxygen atoms in total. The van der Waals surface area contributed by atoms with Gasteiger partial charge in [0.25, 0.3) is 0 Å². The quantitative estimate of drug-likeness (QED) is 0.590. The first-order valence-corrected chi connectivity index (χ1v) is 5.49. The molecule has 0 aromatic heterocycles. The Balaban J connectivity index is 3.48. The molecule has 0 radical (unpaired) electrons. The molecule has 0 bridgehead atoms. The fraction of sp³-hybridized carbons (Fsp3) is 0.909. The Morgan fingerprint density at radius 2 is 1.92 bits per heavy atom. The van der Waals surface area contributed by atoms with Crippen LogP contribution >= 0.6 is 0 Å². The lowest BCUT2D eigenvalue weighted by molar-refractivity contribution is -0.122. The summed E-state index contributed by atoms with van der Waals surface area (Å²) >= 11 is 0. The van der Waals surface area contributed by atoms with Crippen LogP contribution in [0.4, 0.5) is 0 Å². The minimum absolute atomic E-state index is 0.113. The molecule has 2 heteroatoms. The zero-order valence-electron chi connectivity index (χ0n) is 9.01. The minimum atomic E-state index is 0.113. The molecule has 1 unspecified atom stereocenters. The van der Waals surface area contributed by atoms with E-state index < -0.39 is 0 Å². The average molecular weight is 185 g/mol. The minimum Gasteiger partial charge on any atom is -0.330 e. The van der Waals surface area contributed by atoms with Gasteiger partial charge in [-0.2, -0.15) is 0 Å². The van der Waals surface area contributed by atoms with Crippen molar-refractivity contribution in [1.82, 2.24) is 0 Å². The Morgan fingerprint density at radius 1 is 1.23 bits per heavy atom. The summed E-state index contributed by atoms with van der Waals surface area (Å²) in [5.74, 6) is 0.475. The van der Waals surface area contributed by atoms with Crippen molar-refractivity contribution in [2.75, 3.05) is 6.54 Å². The van der Waals surface area contributed by atoms with E-state index in [1.165, 1.54) is 19.3 Å². The Kier molecular flexibility index (Phi) is 8.00. The summed E-state index contributed by atoms with van der Waals surface area (Å²) in [7, 11) is 0. The third kappa shape index (κ3) is 5.81. The van der Waals surface area contributed by atoms with Crippen LogP contribution in [0.15, 0.2) is 0 Å². The lowest BCUT2D eigenvalue weighted by Gasteiger charge is -2.09. The number of carbonyl (C=O) groups excluding carboxylic acids is 1. The van der Waals surface area contributed by atoms with Crippen molar-refractivity contribution in [1.29, 1.82) is 0 Å². The molecule has 0 aromatic rings. The van der Waals surface area contributed by atoms with Gasteiger partial charge >= 0.3 is 0 Å². The molecule has 0 saturated heterocycles. The molecule has 0 fully saturated rings. The van der Waals surface area contributed by atoms with E-state index >= 15 is 0 Å². The molecule has 0 rings (SSSR count). The molecule has 0 heterocycles. The van der Waals surface area contributed by atoms with Gasteiger partial charge in [-0.05, 0) is 12.8 Å². The van der Waals surface area contributed by atoms with Gasteiger partial charge in [0.05, 0.1) is 0 Å². The van der Waals surface area contributed by atoms with Crippen LogP contribution in [0.25, 0.3) is 0 Å². The van der Waals surface area contributed by atoms with Gasteiger partial charge in [-0.1, -0.05) is 33.1 Å². The number of ketones is 1. The largest absolute Gasteiger partial charge is 0.330 e. The second kappa shape index (κ2) is 8.24. The summed E-state index contributed by atoms with van der Waals surface area (Å²) in [4.78, 5) is 11.5. The summed E-state index contributed by atoms with van der Waals surface area (Å²) in [6, 6.07) is 0. The molecule has 0 aromatic carbocycles. The lowest BCUT2D eigenvalue weighted by Crippen LogP contribution is -2.22. The van der Waals surface area contributed by atoms with Gasteiger partial charge in [0, 0.05) is 18.9 Å². The molecule has 0 spiro atoms. The summed E-state index contributed by atoms with van der Waals surface area (Å²) in [6.45, 7) is 4.72. The standard InChI is InChI=1S/C11H23NO/c1-3-5-6-7-8-11(13)10(4-2)9-12/h10H,3-9,12H2,1-2H3. The number of nitrogens with two attached hydrogens (primary N) is 1. The van der Waals surface area contributed by atoms with Crippen LogP contribution in [0.1, 0.15) is 52.4 Å². The molecule has 0 amide bonds. The van der Waals surface area contributed by atoms with Crippen molar-refractivity contribution >= 4 is 5.78 Å². The highest BCUT2D eigenvalue weighted by Gasteiger charge is 2.13. The lowest BCUT2D eigenvalue weighted by atomic mass is 9.97. The van der Waals surface area contributed by atoms with E-state index in [-0.39, 0.29) is 5.92 Å². The van der Waals surface area contributed by atoms with Crippen molar-refractivity contribution in [3.05, 3.63) is 0 Å². The average Bonchev–Trinajstić information content (AvgIpc) is 2.14. The Labute approximate surface area is 81.9 Å². The maximum absolute atomic E-state index is 11.5. The van der Waals surface area contributed by atoms with Crippen LogP contribution in [0.3, 0.4) is 0 Å². The molecule has 2 N–H and O–H groups in total. The molecule has 0 aliphatic carbocycles. The van der Waals surface area contributed by atoms with E-state index in [4.69, 9.17) is 5.73 Å². The first-order valence-electron chi connectivity index (χ1n) is 5.49. The number of Topliss-reactive ketones (excluding diaryl/α,β-unsaturated/α-hetero) is 1. The summed E-state index contributed by atoms with van der Waals surface area (Å²) < 4.78 is 0. The van der Waals surface area contributed by atoms with Crippen molar-refractivity contribution < 1.29 is 4.79 Å². The number of hydrogen-bond acceptors (Lipinski definition) is 2. The van der Waals surface area contributed by atoms with E-state index in [0.717, 1.165) is 19.3 Å². The van der Waals surface area contributed by atoms with E-state index in [1.54, 1.807) is 0 Å². The molecule has 78 valence electrons. The number of rotatable bonds is 8. The normalized spacial score (nSPS) is 12.8. The first kappa shape index (κ1) is 12.6. The molecular weight excluding hydrogens is 162 g/mol. The predicted molar refractivity (Wildman–Crippen MR) is 56.6 cm³/mol. The van der Waals surface area contributed by atoms with E-state index in [0.29, 0.717) is 12.3 Å². The highest BCUT2D eigenvalue weighted by molar-refractivity contribution is 5.81. The van der Waals surface area contributed by atoms with E-state index in [1.807, 2.05) is 6.92 Å². The third-order valence-corrected chi connectivity index (χ3v) is 2.51. The molecule has 0 aliphatic heterocycles. The molecule has 1 atom stereocenters. The number of carbonyl (C=O) groups is 1. The van der Waals surface area contributed by atoms with Crippen LogP contribution in [-0.2, 0) is 4.79 Å². The summed E-state index contributed by atoms with van der Waals surface area (Å²) in [5, 5.41) is 0. The molecule has 13 heavy (non-hydrogen) atoms. The van der Waals surface area contributed by atoms with Crippen LogP contribution in [-0.4, -0.2) is 12.3 Å². The highest BCUT2D eigenvalue weighted by Crippen LogP contribution is 2.09. The maximum atomic E-state index is 11.5. The topological polar surface area (TPSA) is 43.1 Å². The van der Waals surface area contributed by atoms with Crippen molar-refractivity contribution in [3.8, 4) is 0 Å². The monoisotopic (exact) mass is 185 g/mol. The highest BCUT2D eigenvalue weighted by atomic mass is 16.1. The van der Waals surface area contributed by atoms with E-state index in [9.17, 15) is 4.79 Å². The van der Waals surface area contributed by atoms with Crippen LogP contribution < -0.4 is 5.73 Å². The number of unbranched alkanes of at least 4 members (excludes halogenated alkanes) is 3. The van der Waals surface area contributed by atoms with Gasteiger partial charge in [0.15, 0.2) is 0 Å². The summed E-state index contributed by atoms with van der Waals surface area (Å²) in [6.07, 6.45) is 6.32.